The van der Waals surface area contributed by atoms with E-state index in [1.54, 1.807) is 16.4 Å². The molecular formula is C8H7N3OS2. The van der Waals surface area contributed by atoms with Crippen molar-refractivity contribution in [2.24, 2.45) is 0 Å². The van der Waals surface area contributed by atoms with Gasteiger partial charge in [0.25, 0.3) is 5.91 Å². The first-order valence-electron chi connectivity index (χ1n) is 3.90. The molecule has 0 aliphatic heterocycles. The fourth-order valence-electron chi connectivity index (χ4n) is 0.911. The van der Waals surface area contributed by atoms with Crippen LogP contribution >= 0.6 is 22.7 Å². The lowest BCUT2D eigenvalue weighted by Gasteiger charge is -1.99. The van der Waals surface area contributed by atoms with Crippen molar-refractivity contribution in [2.75, 3.05) is 0 Å². The second-order valence-electron chi connectivity index (χ2n) is 2.54. The molecule has 2 rings (SSSR count). The van der Waals surface area contributed by atoms with Crippen LogP contribution < -0.4 is 5.32 Å². The van der Waals surface area contributed by atoms with Gasteiger partial charge in [-0.15, -0.1) is 22.7 Å². The van der Waals surface area contributed by atoms with Crippen LogP contribution in [0.4, 0.5) is 0 Å². The maximum absolute atomic E-state index is 11.4. The van der Waals surface area contributed by atoms with Gasteiger partial charge in [0.1, 0.15) is 5.69 Å². The molecule has 2 heterocycles. The highest BCUT2D eigenvalue weighted by Gasteiger charge is 2.06. The first kappa shape index (κ1) is 9.29. The Bertz CT molecular complexity index is 396. The van der Waals surface area contributed by atoms with Crippen LogP contribution in [-0.2, 0) is 6.54 Å². The third kappa shape index (κ3) is 2.15. The minimum absolute atomic E-state index is 0.153. The summed E-state index contributed by atoms with van der Waals surface area (Å²) in [6.45, 7) is 0.458. The van der Waals surface area contributed by atoms with Gasteiger partial charge in [0.2, 0.25) is 0 Å². The molecule has 0 saturated carbocycles. The molecule has 0 aromatic carbocycles. The minimum atomic E-state index is -0.153. The standard InChI is InChI=1S/C8H7N3OS2/c12-8(7-3-14-5-11-7)9-1-6-2-13-4-10-6/h2-5H,1H2,(H,9,12). The smallest absolute Gasteiger partial charge is 0.271 e. The van der Waals surface area contributed by atoms with Crippen molar-refractivity contribution in [1.82, 2.24) is 15.3 Å². The van der Waals surface area contributed by atoms with Gasteiger partial charge < -0.3 is 5.32 Å². The van der Waals surface area contributed by atoms with Crippen LogP contribution in [0.15, 0.2) is 21.8 Å². The summed E-state index contributed by atoms with van der Waals surface area (Å²) in [6, 6.07) is 0. The maximum atomic E-state index is 11.4. The van der Waals surface area contributed by atoms with Gasteiger partial charge in [-0.1, -0.05) is 0 Å². The molecule has 2 aromatic heterocycles. The van der Waals surface area contributed by atoms with Gasteiger partial charge in [-0.2, -0.15) is 0 Å². The Morgan fingerprint density at radius 1 is 1.29 bits per heavy atom. The largest absolute Gasteiger partial charge is 0.345 e. The van der Waals surface area contributed by atoms with Gasteiger partial charge in [-0.3, -0.25) is 4.79 Å². The third-order valence-corrected chi connectivity index (χ3v) is 2.80. The average molecular weight is 225 g/mol. The summed E-state index contributed by atoms with van der Waals surface area (Å²) >= 11 is 2.92. The zero-order valence-corrected chi connectivity index (χ0v) is 8.77. The van der Waals surface area contributed by atoms with Crippen LogP contribution in [-0.4, -0.2) is 15.9 Å². The van der Waals surface area contributed by atoms with Gasteiger partial charge in [-0.05, 0) is 0 Å². The van der Waals surface area contributed by atoms with Crippen molar-refractivity contribution in [3.63, 3.8) is 0 Å². The number of aromatic nitrogens is 2. The third-order valence-electron chi connectivity index (χ3n) is 1.58. The van der Waals surface area contributed by atoms with Crippen molar-refractivity contribution in [2.45, 2.75) is 6.54 Å². The van der Waals surface area contributed by atoms with E-state index >= 15 is 0 Å². The normalized spacial score (nSPS) is 10.0. The molecule has 0 fully saturated rings. The van der Waals surface area contributed by atoms with Gasteiger partial charge in [0.15, 0.2) is 0 Å². The lowest BCUT2D eigenvalue weighted by Crippen LogP contribution is -2.23. The number of hydrogen-bond acceptors (Lipinski definition) is 5. The Balaban J connectivity index is 1.90. The molecule has 0 aliphatic carbocycles. The van der Waals surface area contributed by atoms with E-state index in [0.717, 1.165) is 5.69 Å². The van der Waals surface area contributed by atoms with E-state index in [1.807, 2.05) is 5.38 Å². The van der Waals surface area contributed by atoms with Crippen LogP contribution in [0.3, 0.4) is 0 Å². The van der Waals surface area contributed by atoms with E-state index in [1.165, 1.54) is 22.7 Å². The Kier molecular flexibility index (Phi) is 2.85. The summed E-state index contributed by atoms with van der Waals surface area (Å²) in [4.78, 5) is 19.4. The zero-order valence-electron chi connectivity index (χ0n) is 7.14. The molecule has 2 aromatic rings. The summed E-state index contributed by atoms with van der Waals surface area (Å²) in [5, 5.41) is 6.36. The molecule has 4 nitrogen and oxygen atoms in total. The molecule has 0 atom stereocenters. The summed E-state index contributed by atoms with van der Waals surface area (Å²) in [5.41, 5.74) is 4.71. The van der Waals surface area contributed by atoms with E-state index in [9.17, 15) is 4.79 Å². The fourth-order valence-corrected chi connectivity index (χ4v) is 2.00. The second-order valence-corrected chi connectivity index (χ2v) is 3.97. The van der Waals surface area contributed by atoms with Crippen molar-refractivity contribution in [3.8, 4) is 0 Å². The molecule has 72 valence electrons. The summed E-state index contributed by atoms with van der Waals surface area (Å²) in [7, 11) is 0. The number of carbonyl (C=O) groups is 1. The van der Waals surface area contributed by atoms with Crippen LogP contribution in [0.1, 0.15) is 16.2 Å². The topological polar surface area (TPSA) is 54.9 Å². The van der Waals surface area contributed by atoms with Crippen molar-refractivity contribution >= 4 is 28.6 Å². The maximum Gasteiger partial charge on any atom is 0.271 e. The fraction of sp³-hybridized carbons (Fsp3) is 0.125. The number of nitrogens with zero attached hydrogens (tertiary/aromatic N) is 2. The molecule has 6 heteroatoms. The molecule has 0 saturated heterocycles. The van der Waals surface area contributed by atoms with Gasteiger partial charge in [-0.25, -0.2) is 9.97 Å². The van der Waals surface area contributed by atoms with Crippen LogP contribution in [0.2, 0.25) is 0 Å². The number of carbonyl (C=O) groups excluding carboxylic acids is 1. The van der Waals surface area contributed by atoms with Crippen LogP contribution in [0, 0.1) is 0 Å². The summed E-state index contributed by atoms with van der Waals surface area (Å²) in [6.07, 6.45) is 0. The van der Waals surface area contributed by atoms with Crippen LogP contribution in [0.5, 0.6) is 0 Å². The zero-order chi connectivity index (χ0) is 9.80. The second kappa shape index (κ2) is 4.30. The molecule has 1 N–H and O–H groups in total. The molecule has 0 radical (unpaired) electrons. The predicted octanol–water partition coefficient (Wildman–Crippen LogP) is 1.53. The van der Waals surface area contributed by atoms with Gasteiger partial charge in [0.05, 0.1) is 23.3 Å². The van der Waals surface area contributed by atoms with Crippen molar-refractivity contribution in [3.05, 3.63) is 33.2 Å². The first-order valence-corrected chi connectivity index (χ1v) is 5.78. The number of amides is 1. The monoisotopic (exact) mass is 225 g/mol. The highest BCUT2D eigenvalue weighted by molar-refractivity contribution is 7.07. The van der Waals surface area contributed by atoms with E-state index in [4.69, 9.17) is 0 Å². The molecule has 0 bridgehead atoms. The van der Waals surface area contributed by atoms with E-state index in [2.05, 4.69) is 15.3 Å². The number of thiazole rings is 2. The number of rotatable bonds is 3. The Hall–Kier alpha value is -1.27. The molecular weight excluding hydrogens is 218 g/mol. The SMILES string of the molecule is O=C(NCc1cscn1)c1cscn1. The first-order chi connectivity index (χ1) is 6.86. The Morgan fingerprint density at radius 3 is 2.71 bits per heavy atom. The predicted molar refractivity (Wildman–Crippen MR) is 55.4 cm³/mol. The molecule has 14 heavy (non-hydrogen) atoms. The summed E-state index contributed by atoms with van der Waals surface area (Å²) < 4.78 is 0. The Labute approximate surface area is 88.6 Å². The molecule has 0 unspecified atom stereocenters. The van der Waals surface area contributed by atoms with Gasteiger partial charge >= 0.3 is 0 Å². The quantitative estimate of drug-likeness (QED) is 0.861. The van der Waals surface area contributed by atoms with Crippen molar-refractivity contribution < 1.29 is 4.79 Å². The highest BCUT2D eigenvalue weighted by atomic mass is 32.1. The lowest BCUT2D eigenvalue weighted by atomic mass is 10.4. The van der Waals surface area contributed by atoms with Gasteiger partial charge in [0, 0.05) is 10.8 Å². The van der Waals surface area contributed by atoms with E-state index < -0.39 is 0 Å². The van der Waals surface area contributed by atoms with E-state index in [-0.39, 0.29) is 5.91 Å². The minimum Gasteiger partial charge on any atom is -0.345 e. The summed E-state index contributed by atoms with van der Waals surface area (Å²) in [5.74, 6) is -0.153. The molecule has 1 amide bonds. The van der Waals surface area contributed by atoms with Crippen LogP contribution in [0.25, 0.3) is 0 Å². The lowest BCUT2D eigenvalue weighted by molar-refractivity contribution is 0.0946. The Morgan fingerprint density at radius 2 is 2.07 bits per heavy atom. The van der Waals surface area contributed by atoms with Crippen molar-refractivity contribution in [1.29, 1.82) is 0 Å². The highest BCUT2D eigenvalue weighted by Crippen LogP contribution is 2.03. The average Bonchev–Trinajstić information content (AvgIpc) is 2.87. The van der Waals surface area contributed by atoms with E-state index in [0.29, 0.717) is 12.2 Å². The number of hydrogen-bond donors (Lipinski definition) is 1. The molecule has 0 aliphatic rings. The number of nitrogens with one attached hydrogen (secondary N) is 1. The molecule has 0 spiro atoms.